The molecule has 2 radical (unpaired) electrons. The van der Waals surface area contributed by atoms with E-state index in [9.17, 15) is 0 Å². The molecule has 1 heterocycles. The van der Waals surface area contributed by atoms with Crippen LogP contribution in [0.3, 0.4) is 0 Å². The maximum atomic E-state index is 5.09. The topological polar surface area (TPSA) is 12.5 Å². The molecule has 1 aliphatic heterocycles. The molecule has 0 spiro atoms. The summed E-state index contributed by atoms with van der Waals surface area (Å²) >= 11 is 0. The van der Waals surface area contributed by atoms with Gasteiger partial charge in [-0.1, -0.05) is 25.4 Å². The van der Waals surface area contributed by atoms with Crippen LogP contribution < -0.4 is 0 Å². The van der Waals surface area contributed by atoms with E-state index in [4.69, 9.17) is 4.74 Å². The summed E-state index contributed by atoms with van der Waals surface area (Å²) in [4.78, 5) is 0. The summed E-state index contributed by atoms with van der Waals surface area (Å²) in [5.74, 6) is 0. The molecule has 0 aromatic carbocycles. The van der Waals surface area contributed by atoms with Crippen LogP contribution in [0.1, 0.15) is 19.3 Å². The molecular weight excluding hydrogens is 128 g/mol. The van der Waals surface area contributed by atoms with Crippen LogP contribution in [-0.2, 0) is 4.74 Å². The quantitative estimate of drug-likeness (QED) is 0.323. The predicted octanol–water partition coefficient (Wildman–Crippen LogP) is 1.73. The van der Waals surface area contributed by atoms with Crippen molar-refractivity contribution in [3.05, 3.63) is 0 Å². The lowest BCUT2D eigenvalue weighted by atomic mass is 10.2. The molecule has 1 saturated heterocycles. The van der Waals surface area contributed by atoms with Crippen LogP contribution in [-0.4, -0.2) is 22.2 Å². The fourth-order valence-electron chi connectivity index (χ4n) is 0.908. The molecule has 52 valence electrons. The van der Waals surface area contributed by atoms with E-state index in [0.717, 1.165) is 16.1 Å². The molecule has 1 fully saturated rings. The van der Waals surface area contributed by atoms with Crippen LogP contribution in [0, 0.1) is 0 Å². The highest BCUT2D eigenvalue weighted by molar-refractivity contribution is 6.33. The first kappa shape index (κ1) is 7.29. The first-order chi connectivity index (χ1) is 4.43. The Kier molecular flexibility index (Phi) is 3.29. The number of hydrogen-bond donors (Lipinski definition) is 0. The molecule has 0 aromatic rings. The smallest absolute Gasteiger partial charge is 0.0810 e. The lowest BCUT2D eigenvalue weighted by Gasteiger charge is -1.93. The summed E-state index contributed by atoms with van der Waals surface area (Å²) in [6, 6.07) is 1.42. The molecule has 2 heteroatoms. The van der Waals surface area contributed by atoms with Crippen molar-refractivity contribution < 1.29 is 4.74 Å². The Hall–Kier alpha value is 0.177. The van der Waals surface area contributed by atoms with Crippen LogP contribution >= 0.6 is 0 Å². The SMILES string of the molecule is C[Si]CCCCC1CO1. The second-order valence-electron chi connectivity index (χ2n) is 2.55. The van der Waals surface area contributed by atoms with E-state index in [1.54, 1.807) is 0 Å². The molecule has 1 aliphatic rings. The summed E-state index contributed by atoms with van der Waals surface area (Å²) < 4.78 is 5.09. The van der Waals surface area contributed by atoms with Gasteiger partial charge >= 0.3 is 0 Å². The molecule has 1 rings (SSSR count). The Bertz CT molecular complexity index is 71.3. The van der Waals surface area contributed by atoms with Gasteiger partial charge in [0.05, 0.1) is 12.7 Å². The van der Waals surface area contributed by atoms with E-state index >= 15 is 0 Å². The number of epoxide rings is 1. The lowest BCUT2D eigenvalue weighted by Crippen LogP contribution is -1.86. The van der Waals surface area contributed by atoms with Gasteiger partial charge in [0.2, 0.25) is 0 Å². The van der Waals surface area contributed by atoms with Gasteiger partial charge in [0.25, 0.3) is 0 Å². The summed E-state index contributed by atoms with van der Waals surface area (Å²) in [6.07, 6.45) is 4.76. The van der Waals surface area contributed by atoms with Crippen LogP contribution in [0.15, 0.2) is 0 Å². The standard InChI is InChI=1S/C7H14OSi/c1-9-5-3-2-4-7-6-8-7/h7H,2-6H2,1H3. The van der Waals surface area contributed by atoms with Gasteiger partial charge in [-0.25, -0.2) is 0 Å². The van der Waals surface area contributed by atoms with E-state index in [1.165, 1.54) is 25.3 Å². The second kappa shape index (κ2) is 4.07. The molecule has 1 unspecified atom stereocenters. The zero-order valence-electron chi connectivity index (χ0n) is 6.02. The van der Waals surface area contributed by atoms with Crippen molar-refractivity contribution in [2.24, 2.45) is 0 Å². The van der Waals surface area contributed by atoms with Crippen LogP contribution in [0.2, 0.25) is 12.6 Å². The van der Waals surface area contributed by atoms with Gasteiger partial charge in [-0.05, 0) is 6.42 Å². The molecule has 0 aromatic heterocycles. The number of unbranched alkanes of at least 4 members (excludes halogenated alkanes) is 1. The zero-order chi connectivity index (χ0) is 6.53. The Labute approximate surface area is 59.6 Å². The molecule has 0 aliphatic carbocycles. The van der Waals surface area contributed by atoms with Gasteiger partial charge in [0.15, 0.2) is 0 Å². The first-order valence-electron chi connectivity index (χ1n) is 3.69. The van der Waals surface area contributed by atoms with Crippen molar-refractivity contribution in [1.29, 1.82) is 0 Å². The molecular formula is C7H14OSi. The third-order valence-electron chi connectivity index (χ3n) is 1.61. The maximum Gasteiger partial charge on any atom is 0.0810 e. The fourth-order valence-corrected chi connectivity index (χ4v) is 1.51. The Balaban J connectivity index is 1.71. The van der Waals surface area contributed by atoms with Gasteiger partial charge in [-0.3, -0.25) is 0 Å². The molecule has 0 saturated carbocycles. The van der Waals surface area contributed by atoms with Gasteiger partial charge in [-0.15, -0.1) is 0 Å². The third-order valence-corrected chi connectivity index (χ3v) is 2.46. The maximum absolute atomic E-state index is 5.09. The highest BCUT2D eigenvalue weighted by Gasteiger charge is 2.20. The number of hydrogen-bond acceptors (Lipinski definition) is 1. The van der Waals surface area contributed by atoms with Crippen LogP contribution in [0.5, 0.6) is 0 Å². The minimum atomic E-state index is 0.658. The summed E-state index contributed by atoms with van der Waals surface area (Å²) in [5.41, 5.74) is 0. The minimum Gasteiger partial charge on any atom is -0.373 e. The van der Waals surface area contributed by atoms with E-state index in [1.807, 2.05) is 0 Å². The van der Waals surface area contributed by atoms with Crippen LogP contribution in [0.4, 0.5) is 0 Å². The monoisotopic (exact) mass is 142 g/mol. The molecule has 0 N–H and O–H groups in total. The van der Waals surface area contributed by atoms with Crippen molar-refractivity contribution in [1.82, 2.24) is 0 Å². The van der Waals surface area contributed by atoms with Crippen molar-refractivity contribution in [2.45, 2.75) is 38.0 Å². The van der Waals surface area contributed by atoms with Gasteiger partial charge in [-0.2, -0.15) is 0 Å². The average molecular weight is 142 g/mol. The Morgan fingerprint density at radius 2 is 2.33 bits per heavy atom. The summed E-state index contributed by atoms with van der Waals surface area (Å²) in [7, 11) is 1.14. The predicted molar refractivity (Wildman–Crippen MR) is 40.0 cm³/mol. The minimum absolute atomic E-state index is 0.658. The molecule has 9 heavy (non-hydrogen) atoms. The second-order valence-corrected chi connectivity index (χ2v) is 3.76. The van der Waals surface area contributed by atoms with E-state index < -0.39 is 0 Å². The van der Waals surface area contributed by atoms with Gasteiger partial charge in [0.1, 0.15) is 0 Å². The fraction of sp³-hybridized carbons (Fsp3) is 1.00. The van der Waals surface area contributed by atoms with Crippen LogP contribution in [0.25, 0.3) is 0 Å². The normalized spacial score (nSPS) is 24.3. The van der Waals surface area contributed by atoms with Crippen molar-refractivity contribution >= 4 is 9.52 Å². The largest absolute Gasteiger partial charge is 0.373 e. The van der Waals surface area contributed by atoms with E-state index in [0.29, 0.717) is 6.10 Å². The van der Waals surface area contributed by atoms with E-state index in [2.05, 4.69) is 6.55 Å². The number of rotatable bonds is 5. The zero-order valence-corrected chi connectivity index (χ0v) is 7.02. The van der Waals surface area contributed by atoms with Gasteiger partial charge < -0.3 is 4.74 Å². The van der Waals surface area contributed by atoms with Crippen molar-refractivity contribution in [3.63, 3.8) is 0 Å². The molecule has 0 bridgehead atoms. The number of ether oxygens (including phenoxy) is 1. The van der Waals surface area contributed by atoms with Crippen molar-refractivity contribution in [3.8, 4) is 0 Å². The van der Waals surface area contributed by atoms with E-state index in [-0.39, 0.29) is 0 Å². The Morgan fingerprint density at radius 1 is 1.56 bits per heavy atom. The highest BCUT2D eigenvalue weighted by atomic mass is 28.2. The Morgan fingerprint density at radius 3 is 2.89 bits per heavy atom. The molecule has 0 amide bonds. The molecule has 1 atom stereocenters. The lowest BCUT2D eigenvalue weighted by molar-refractivity contribution is 0.391. The highest BCUT2D eigenvalue weighted by Crippen LogP contribution is 2.16. The summed E-state index contributed by atoms with van der Waals surface area (Å²) in [5, 5.41) is 0. The van der Waals surface area contributed by atoms with Gasteiger partial charge in [0, 0.05) is 9.52 Å². The first-order valence-corrected chi connectivity index (χ1v) is 5.40. The average Bonchev–Trinajstić information content (AvgIpc) is 2.63. The summed E-state index contributed by atoms with van der Waals surface area (Å²) in [6.45, 7) is 3.31. The molecule has 1 nitrogen and oxygen atoms in total. The third kappa shape index (κ3) is 3.70. The van der Waals surface area contributed by atoms with Crippen molar-refractivity contribution in [2.75, 3.05) is 6.61 Å².